The lowest BCUT2D eigenvalue weighted by molar-refractivity contribution is 0.0739. The van der Waals surface area contributed by atoms with E-state index in [0.29, 0.717) is 18.3 Å². The van der Waals surface area contributed by atoms with Crippen molar-refractivity contribution in [1.29, 1.82) is 5.26 Å². The van der Waals surface area contributed by atoms with E-state index in [-0.39, 0.29) is 53.8 Å². The van der Waals surface area contributed by atoms with E-state index < -0.39 is 21.5 Å². The van der Waals surface area contributed by atoms with Gasteiger partial charge >= 0.3 is 0 Å². The van der Waals surface area contributed by atoms with E-state index in [9.17, 15) is 22.0 Å². The van der Waals surface area contributed by atoms with Crippen molar-refractivity contribution in [2.45, 2.75) is 24.2 Å². The Hall–Kier alpha value is -3.19. The highest BCUT2D eigenvalue weighted by Gasteiger charge is 2.28. The molecule has 0 spiro atoms. The van der Waals surface area contributed by atoms with Gasteiger partial charge < -0.3 is 14.5 Å². The molecule has 34 heavy (non-hydrogen) atoms. The molecule has 0 radical (unpaired) electrons. The van der Waals surface area contributed by atoms with Crippen LogP contribution in [0.3, 0.4) is 0 Å². The number of carbonyl (C=O) groups is 1. The number of hydrogen-bond donors (Lipinski definition) is 0. The predicted octanol–water partition coefficient (Wildman–Crippen LogP) is 3.38. The highest BCUT2D eigenvalue weighted by molar-refractivity contribution is 7.90. The number of sulfone groups is 1. The molecule has 1 saturated carbocycles. The van der Waals surface area contributed by atoms with Gasteiger partial charge in [-0.05, 0) is 43.0 Å². The van der Waals surface area contributed by atoms with Crippen LogP contribution in [0.15, 0.2) is 35.2 Å². The zero-order valence-corrected chi connectivity index (χ0v) is 19.6. The van der Waals surface area contributed by atoms with Crippen LogP contribution < -0.4 is 9.64 Å². The molecule has 1 aliphatic carbocycles. The number of hydrogen-bond acceptors (Lipinski definition) is 6. The first-order valence-corrected chi connectivity index (χ1v) is 13.0. The van der Waals surface area contributed by atoms with Crippen LogP contribution in [-0.4, -0.2) is 58.3 Å². The van der Waals surface area contributed by atoms with Crippen LogP contribution in [0.2, 0.25) is 0 Å². The molecule has 0 unspecified atom stereocenters. The van der Waals surface area contributed by atoms with E-state index in [0.717, 1.165) is 37.7 Å². The third kappa shape index (κ3) is 4.99. The number of anilines is 1. The van der Waals surface area contributed by atoms with E-state index in [1.807, 2.05) is 0 Å². The molecule has 1 amide bonds. The summed E-state index contributed by atoms with van der Waals surface area (Å²) in [5, 5.41) is 8.86. The molecule has 2 aliphatic rings. The topological polar surface area (TPSA) is 90.7 Å². The highest BCUT2D eigenvalue weighted by Crippen LogP contribution is 2.30. The minimum atomic E-state index is -3.53. The van der Waals surface area contributed by atoms with Crippen LogP contribution in [0.25, 0.3) is 0 Å². The summed E-state index contributed by atoms with van der Waals surface area (Å²) in [6.07, 6.45) is 4.37. The maximum atomic E-state index is 14.4. The van der Waals surface area contributed by atoms with Crippen molar-refractivity contribution in [1.82, 2.24) is 4.90 Å². The fourth-order valence-corrected chi connectivity index (χ4v) is 4.73. The zero-order chi connectivity index (χ0) is 24.5. The number of piperazine rings is 1. The minimum Gasteiger partial charge on any atom is -0.492 e. The number of halogens is 2. The Labute approximate surface area is 197 Å². The molecule has 0 atom stereocenters. The summed E-state index contributed by atoms with van der Waals surface area (Å²) in [5.41, 5.74) is -0.159. The fourth-order valence-electron chi connectivity index (χ4n) is 4.08. The number of ether oxygens (including phenoxy) is 1. The second kappa shape index (κ2) is 9.58. The number of carbonyl (C=O) groups excluding carboxylic acids is 1. The molecule has 0 bridgehead atoms. The van der Waals surface area contributed by atoms with Crippen LogP contribution >= 0.6 is 0 Å². The van der Waals surface area contributed by atoms with Gasteiger partial charge in [-0.25, -0.2) is 17.2 Å². The summed E-state index contributed by atoms with van der Waals surface area (Å²) in [7, 11) is -3.53. The average molecular weight is 490 g/mol. The molecule has 2 aromatic carbocycles. The molecule has 10 heteroatoms. The van der Waals surface area contributed by atoms with E-state index in [2.05, 4.69) is 0 Å². The van der Waals surface area contributed by atoms with Gasteiger partial charge in [-0.3, -0.25) is 4.79 Å². The first kappa shape index (κ1) is 24.0. The van der Waals surface area contributed by atoms with Crippen molar-refractivity contribution in [3.8, 4) is 11.8 Å². The molecular formula is C24H25F2N3O4S. The molecule has 1 heterocycles. The van der Waals surface area contributed by atoms with Gasteiger partial charge in [0.15, 0.2) is 9.84 Å². The Bertz CT molecular complexity index is 1250. The molecule has 1 aliphatic heterocycles. The third-order valence-corrected chi connectivity index (χ3v) is 7.48. The predicted molar refractivity (Wildman–Crippen MR) is 122 cm³/mol. The molecule has 180 valence electrons. The smallest absolute Gasteiger partial charge is 0.257 e. The van der Waals surface area contributed by atoms with Crippen LogP contribution in [0.1, 0.15) is 35.2 Å². The Morgan fingerprint density at radius 3 is 2.41 bits per heavy atom. The molecule has 2 fully saturated rings. The van der Waals surface area contributed by atoms with Crippen molar-refractivity contribution in [3.05, 3.63) is 53.1 Å². The number of nitriles is 1. The number of benzene rings is 2. The molecule has 7 nitrogen and oxygen atoms in total. The lowest BCUT2D eigenvalue weighted by atomic mass is 9.86. The van der Waals surface area contributed by atoms with Gasteiger partial charge in [0, 0.05) is 38.5 Å². The van der Waals surface area contributed by atoms with E-state index in [1.54, 1.807) is 15.9 Å². The van der Waals surface area contributed by atoms with Gasteiger partial charge in [0.2, 0.25) is 0 Å². The van der Waals surface area contributed by atoms with Gasteiger partial charge in [0.05, 0.1) is 28.3 Å². The van der Waals surface area contributed by atoms with E-state index in [4.69, 9.17) is 10.00 Å². The first-order chi connectivity index (χ1) is 16.2. The Balaban J connectivity index is 1.51. The second-order valence-corrected chi connectivity index (χ2v) is 10.7. The van der Waals surface area contributed by atoms with Crippen LogP contribution in [0.4, 0.5) is 14.5 Å². The Morgan fingerprint density at radius 2 is 1.82 bits per heavy atom. The lowest BCUT2D eigenvalue weighted by Crippen LogP contribution is -2.49. The van der Waals surface area contributed by atoms with Crippen LogP contribution in [-0.2, 0) is 9.84 Å². The fraction of sp³-hybridized carbons (Fsp3) is 0.417. The summed E-state index contributed by atoms with van der Waals surface area (Å²) in [4.78, 5) is 16.5. The standard InChI is InChI=1S/C24H25F2N3O4S/c1-34(31,32)18-5-6-23(33-15-16-3-2-4-16)19(12-18)24(30)29-9-7-28(8-10-29)22-13-20(25)17(14-27)11-21(22)26/h5-6,11-13,16H,2-4,7-10,15H2,1H3. The number of amides is 1. The summed E-state index contributed by atoms with van der Waals surface area (Å²) in [6, 6.07) is 7.77. The summed E-state index contributed by atoms with van der Waals surface area (Å²) in [5.74, 6) is -1.11. The van der Waals surface area contributed by atoms with Crippen molar-refractivity contribution in [2.24, 2.45) is 5.92 Å². The van der Waals surface area contributed by atoms with Crippen molar-refractivity contribution >= 4 is 21.4 Å². The quantitative estimate of drug-likeness (QED) is 0.618. The highest BCUT2D eigenvalue weighted by atomic mass is 32.2. The maximum Gasteiger partial charge on any atom is 0.257 e. The van der Waals surface area contributed by atoms with Crippen molar-refractivity contribution < 1.29 is 26.7 Å². The number of rotatable bonds is 6. The monoisotopic (exact) mass is 489 g/mol. The number of nitrogens with zero attached hydrogens (tertiary/aromatic N) is 3. The van der Waals surface area contributed by atoms with Gasteiger partial charge in [-0.2, -0.15) is 5.26 Å². The summed E-state index contributed by atoms with van der Waals surface area (Å²) >= 11 is 0. The molecule has 1 saturated heterocycles. The normalized spacial score (nSPS) is 16.6. The summed E-state index contributed by atoms with van der Waals surface area (Å²) in [6.45, 7) is 1.42. The van der Waals surface area contributed by atoms with Gasteiger partial charge in [-0.15, -0.1) is 0 Å². The molecule has 4 rings (SSSR count). The van der Waals surface area contributed by atoms with Gasteiger partial charge in [-0.1, -0.05) is 6.42 Å². The summed E-state index contributed by atoms with van der Waals surface area (Å²) < 4.78 is 58.4. The Morgan fingerprint density at radius 1 is 1.12 bits per heavy atom. The van der Waals surface area contributed by atoms with Crippen molar-refractivity contribution in [3.63, 3.8) is 0 Å². The third-order valence-electron chi connectivity index (χ3n) is 6.37. The average Bonchev–Trinajstić information content (AvgIpc) is 2.78. The van der Waals surface area contributed by atoms with Crippen LogP contribution in [0.5, 0.6) is 5.75 Å². The Kier molecular flexibility index (Phi) is 6.75. The molecular weight excluding hydrogens is 464 g/mol. The van der Waals surface area contributed by atoms with Gasteiger partial charge in [0.1, 0.15) is 23.5 Å². The van der Waals surface area contributed by atoms with Crippen molar-refractivity contribution in [2.75, 3.05) is 43.9 Å². The molecule has 0 N–H and O–H groups in total. The SMILES string of the molecule is CS(=O)(=O)c1ccc(OCC2CCC2)c(C(=O)N2CCN(c3cc(F)c(C#N)cc3F)CC2)c1. The van der Waals surface area contributed by atoms with E-state index in [1.165, 1.54) is 18.2 Å². The van der Waals surface area contributed by atoms with E-state index >= 15 is 0 Å². The maximum absolute atomic E-state index is 14.4. The second-order valence-electron chi connectivity index (χ2n) is 8.71. The van der Waals surface area contributed by atoms with Gasteiger partial charge in [0.25, 0.3) is 5.91 Å². The molecule has 2 aromatic rings. The molecule has 0 aromatic heterocycles. The largest absolute Gasteiger partial charge is 0.492 e. The zero-order valence-electron chi connectivity index (χ0n) is 18.8. The lowest BCUT2D eigenvalue weighted by Gasteiger charge is -2.36. The first-order valence-electron chi connectivity index (χ1n) is 11.1. The van der Waals surface area contributed by atoms with Crippen LogP contribution in [0, 0.1) is 28.9 Å². The minimum absolute atomic E-state index is 0.0283.